The predicted molar refractivity (Wildman–Crippen MR) is 104 cm³/mol. The van der Waals surface area contributed by atoms with E-state index in [1.54, 1.807) is 45.0 Å². The fourth-order valence-electron chi connectivity index (χ4n) is 2.70. The lowest BCUT2D eigenvalue weighted by Crippen LogP contribution is -2.50. The third-order valence-electron chi connectivity index (χ3n) is 4.16. The zero-order valence-corrected chi connectivity index (χ0v) is 16.9. The molecule has 0 bridgehead atoms. The summed E-state index contributed by atoms with van der Waals surface area (Å²) in [6.07, 6.45) is -1.33. The molecular formula is C20H23N3O7. The number of carbonyl (C=O) groups excluding carboxylic acids is 2. The van der Waals surface area contributed by atoms with Crippen LogP contribution in [0.25, 0.3) is 0 Å². The van der Waals surface area contributed by atoms with Gasteiger partial charge in [-0.3, -0.25) is 5.32 Å². The van der Waals surface area contributed by atoms with Gasteiger partial charge in [0.1, 0.15) is 12.2 Å². The lowest BCUT2D eigenvalue weighted by molar-refractivity contribution is 0.00609. The molecule has 3 rings (SSSR count). The molecule has 0 aliphatic carbocycles. The molecule has 0 unspecified atom stereocenters. The van der Waals surface area contributed by atoms with Gasteiger partial charge in [-0.05, 0) is 26.3 Å². The molecule has 2 heterocycles. The van der Waals surface area contributed by atoms with Crippen molar-refractivity contribution in [2.75, 3.05) is 18.4 Å². The van der Waals surface area contributed by atoms with Gasteiger partial charge in [0.25, 0.3) is 0 Å². The number of rotatable bonds is 5. The molecule has 10 nitrogen and oxygen atoms in total. The van der Waals surface area contributed by atoms with Crippen molar-refractivity contribution in [2.45, 2.75) is 38.9 Å². The Morgan fingerprint density at radius 3 is 2.50 bits per heavy atom. The molecule has 0 radical (unpaired) electrons. The van der Waals surface area contributed by atoms with E-state index in [0.29, 0.717) is 0 Å². The highest BCUT2D eigenvalue weighted by atomic mass is 16.6. The van der Waals surface area contributed by atoms with Gasteiger partial charge in [-0.2, -0.15) is 0 Å². The van der Waals surface area contributed by atoms with Crippen molar-refractivity contribution < 1.29 is 33.4 Å². The molecule has 2 N–H and O–H groups in total. The maximum atomic E-state index is 12.0. The fraction of sp³-hybridized carbons (Fsp3) is 0.400. The molecule has 0 saturated carbocycles. The van der Waals surface area contributed by atoms with Gasteiger partial charge in [0.2, 0.25) is 17.5 Å². The number of benzene rings is 1. The van der Waals surface area contributed by atoms with Crippen molar-refractivity contribution >= 4 is 24.0 Å². The largest absolute Gasteiger partial charge is 0.476 e. The maximum Gasteiger partial charge on any atom is 0.414 e. The van der Waals surface area contributed by atoms with E-state index in [1.165, 1.54) is 4.90 Å². The number of carbonyl (C=O) groups is 3. The van der Waals surface area contributed by atoms with Crippen LogP contribution in [-0.2, 0) is 16.1 Å². The first kappa shape index (κ1) is 21.2. The molecule has 1 saturated heterocycles. The van der Waals surface area contributed by atoms with Crippen LogP contribution in [0.1, 0.15) is 48.6 Å². The smallest absolute Gasteiger partial charge is 0.414 e. The van der Waals surface area contributed by atoms with Crippen LogP contribution in [0.3, 0.4) is 0 Å². The van der Waals surface area contributed by atoms with Crippen LogP contribution in [0.2, 0.25) is 0 Å². The molecule has 1 fully saturated rings. The summed E-state index contributed by atoms with van der Waals surface area (Å²) in [5.74, 6) is -1.85. The van der Waals surface area contributed by atoms with E-state index < -0.39 is 29.5 Å². The standard InChI is InChI=1S/C20H23N3O7/c1-20(2,3)30-19(27)23-9-13(10-23)15-21-14(17(24)25)16(29-15)22-18(26)28-11-12-7-5-4-6-8-12/h4-8,13H,9-11H2,1-3H3,(H,22,26)(H,24,25). The number of carboxylic acids is 1. The van der Waals surface area contributed by atoms with Gasteiger partial charge in [-0.25, -0.2) is 19.4 Å². The van der Waals surface area contributed by atoms with Gasteiger partial charge in [0.15, 0.2) is 0 Å². The number of anilines is 1. The summed E-state index contributed by atoms with van der Waals surface area (Å²) in [5.41, 5.74) is -0.267. The van der Waals surface area contributed by atoms with E-state index in [2.05, 4.69) is 10.3 Å². The van der Waals surface area contributed by atoms with E-state index >= 15 is 0 Å². The summed E-state index contributed by atoms with van der Waals surface area (Å²) in [4.78, 5) is 40.9. The Balaban J connectivity index is 1.60. The molecule has 160 valence electrons. The molecule has 0 spiro atoms. The van der Waals surface area contributed by atoms with Crippen LogP contribution >= 0.6 is 0 Å². The second-order valence-corrected chi connectivity index (χ2v) is 7.80. The number of nitrogens with one attached hydrogen (secondary N) is 1. The number of nitrogens with zero attached hydrogens (tertiary/aromatic N) is 2. The van der Waals surface area contributed by atoms with Crippen LogP contribution in [0.5, 0.6) is 0 Å². The number of amides is 2. The number of likely N-dealkylation sites (tertiary alicyclic amines) is 1. The zero-order valence-electron chi connectivity index (χ0n) is 16.9. The van der Waals surface area contributed by atoms with E-state index in [4.69, 9.17) is 13.9 Å². The van der Waals surface area contributed by atoms with E-state index in [9.17, 15) is 19.5 Å². The first-order chi connectivity index (χ1) is 14.1. The summed E-state index contributed by atoms with van der Waals surface area (Å²) in [6, 6.07) is 9.02. The number of aromatic nitrogens is 1. The van der Waals surface area contributed by atoms with Crippen LogP contribution in [0.15, 0.2) is 34.7 Å². The number of oxazole rings is 1. The van der Waals surface area contributed by atoms with Crippen molar-refractivity contribution in [2.24, 2.45) is 0 Å². The highest BCUT2D eigenvalue weighted by molar-refractivity contribution is 5.95. The molecule has 10 heteroatoms. The van der Waals surface area contributed by atoms with Crippen molar-refractivity contribution in [1.29, 1.82) is 0 Å². The zero-order chi connectivity index (χ0) is 21.9. The second-order valence-electron chi connectivity index (χ2n) is 7.80. The maximum absolute atomic E-state index is 12.0. The Kier molecular flexibility index (Phi) is 5.95. The molecule has 1 aliphatic rings. The highest BCUT2D eigenvalue weighted by Gasteiger charge is 2.38. The summed E-state index contributed by atoms with van der Waals surface area (Å²) < 4.78 is 15.8. The number of aromatic carboxylic acids is 1. The van der Waals surface area contributed by atoms with Crippen LogP contribution < -0.4 is 5.32 Å². The van der Waals surface area contributed by atoms with Crippen molar-refractivity contribution in [3.63, 3.8) is 0 Å². The van der Waals surface area contributed by atoms with Gasteiger partial charge in [-0.15, -0.1) is 0 Å². The quantitative estimate of drug-likeness (QED) is 0.756. The van der Waals surface area contributed by atoms with Gasteiger partial charge >= 0.3 is 18.2 Å². The molecule has 2 aromatic rings. The number of carboxylic acid groups (broad SMARTS) is 1. The minimum atomic E-state index is -1.35. The monoisotopic (exact) mass is 417 g/mol. The Bertz CT molecular complexity index is 928. The Morgan fingerprint density at radius 1 is 1.23 bits per heavy atom. The average molecular weight is 417 g/mol. The number of ether oxygens (including phenoxy) is 2. The first-order valence-electron chi connectivity index (χ1n) is 9.32. The summed E-state index contributed by atoms with van der Waals surface area (Å²) in [6.45, 7) is 5.86. The summed E-state index contributed by atoms with van der Waals surface area (Å²) in [7, 11) is 0. The molecular weight excluding hydrogens is 394 g/mol. The van der Waals surface area contributed by atoms with Crippen molar-refractivity contribution in [1.82, 2.24) is 9.88 Å². The Labute approximate surface area is 172 Å². The van der Waals surface area contributed by atoms with Crippen LogP contribution in [-0.4, -0.2) is 51.8 Å². The summed E-state index contributed by atoms with van der Waals surface area (Å²) in [5, 5.41) is 11.6. The van der Waals surface area contributed by atoms with Crippen LogP contribution in [0, 0.1) is 0 Å². The molecule has 1 aliphatic heterocycles. The van der Waals surface area contributed by atoms with E-state index in [1.807, 2.05) is 6.07 Å². The lowest BCUT2D eigenvalue weighted by Gasteiger charge is -2.38. The number of hydrogen-bond acceptors (Lipinski definition) is 7. The van der Waals surface area contributed by atoms with E-state index in [0.717, 1.165) is 5.56 Å². The lowest BCUT2D eigenvalue weighted by atomic mass is 10.0. The molecule has 1 aromatic carbocycles. The predicted octanol–water partition coefficient (Wildman–Crippen LogP) is 3.46. The SMILES string of the molecule is CC(C)(C)OC(=O)N1CC(c2nc(C(=O)O)c(NC(=O)OCc3ccccc3)o2)C1. The first-order valence-corrected chi connectivity index (χ1v) is 9.32. The van der Waals surface area contributed by atoms with Gasteiger partial charge in [-0.1, -0.05) is 30.3 Å². The Morgan fingerprint density at radius 2 is 1.90 bits per heavy atom. The molecule has 1 aromatic heterocycles. The Hall–Kier alpha value is -3.56. The summed E-state index contributed by atoms with van der Waals surface area (Å²) >= 11 is 0. The third kappa shape index (κ3) is 5.28. The number of hydrogen-bond donors (Lipinski definition) is 2. The minimum Gasteiger partial charge on any atom is -0.476 e. The van der Waals surface area contributed by atoms with Crippen molar-refractivity contribution in [3.05, 3.63) is 47.5 Å². The minimum absolute atomic E-state index is 0.0174. The average Bonchev–Trinajstić information content (AvgIpc) is 3.01. The van der Waals surface area contributed by atoms with Gasteiger partial charge in [0, 0.05) is 13.1 Å². The van der Waals surface area contributed by atoms with Crippen molar-refractivity contribution in [3.8, 4) is 0 Å². The molecule has 2 amide bonds. The third-order valence-corrected chi connectivity index (χ3v) is 4.16. The second kappa shape index (κ2) is 8.44. The normalized spacial score (nSPS) is 14.0. The van der Waals surface area contributed by atoms with Gasteiger partial charge in [0.05, 0.1) is 5.92 Å². The topological polar surface area (TPSA) is 131 Å². The fourth-order valence-corrected chi connectivity index (χ4v) is 2.70. The highest BCUT2D eigenvalue weighted by Crippen LogP contribution is 2.31. The van der Waals surface area contributed by atoms with Crippen LogP contribution in [0.4, 0.5) is 15.5 Å². The van der Waals surface area contributed by atoms with Gasteiger partial charge < -0.3 is 23.9 Å². The molecule has 30 heavy (non-hydrogen) atoms. The van der Waals surface area contributed by atoms with E-state index in [-0.39, 0.29) is 37.4 Å². The molecule has 0 atom stereocenters.